The van der Waals surface area contributed by atoms with Crippen molar-refractivity contribution in [2.75, 3.05) is 0 Å². The van der Waals surface area contributed by atoms with Crippen molar-refractivity contribution in [3.63, 3.8) is 0 Å². The average molecular weight is 212 g/mol. The van der Waals surface area contributed by atoms with Gasteiger partial charge in [0.25, 0.3) is 5.56 Å². The second-order valence-corrected chi connectivity index (χ2v) is 3.75. The molecule has 80 valence electrons. The topological polar surface area (TPSA) is 45.8 Å². The van der Waals surface area contributed by atoms with Gasteiger partial charge in [-0.2, -0.15) is 5.26 Å². The van der Waals surface area contributed by atoms with E-state index in [2.05, 4.69) is 6.07 Å². The molecule has 1 heterocycles. The molecule has 0 atom stereocenters. The lowest BCUT2D eigenvalue weighted by Gasteiger charge is -2.07. The Balaban J connectivity index is 2.65. The Labute approximate surface area is 93.6 Å². The molecule has 1 aromatic heterocycles. The Morgan fingerprint density at radius 3 is 2.88 bits per heavy atom. The normalized spacial score (nSPS) is 10.2. The summed E-state index contributed by atoms with van der Waals surface area (Å²) in [6.07, 6.45) is 0.904. The van der Waals surface area contributed by atoms with Crippen LogP contribution in [0, 0.1) is 11.3 Å². The molecule has 0 radical (unpaired) electrons. The highest BCUT2D eigenvalue weighted by atomic mass is 16.1. The Hall–Kier alpha value is -2.08. The molecule has 0 aliphatic rings. The summed E-state index contributed by atoms with van der Waals surface area (Å²) in [6.45, 7) is 0. The maximum Gasteiger partial charge on any atom is 0.254 e. The number of pyridine rings is 1. The first-order valence-corrected chi connectivity index (χ1v) is 5.18. The average Bonchev–Trinajstić information content (AvgIpc) is 2.32. The summed E-state index contributed by atoms with van der Waals surface area (Å²) < 4.78 is 1.64. The van der Waals surface area contributed by atoms with Crippen LogP contribution in [0.1, 0.15) is 12.0 Å². The molecular formula is C13H12N2O. The van der Waals surface area contributed by atoms with Crippen LogP contribution in [0.4, 0.5) is 0 Å². The summed E-state index contributed by atoms with van der Waals surface area (Å²) in [7, 11) is 1.76. The van der Waals surface area contributed by atoms with Crippen molar-refractivity contribution in [1.29, 1.82) is 5.26 Å². The van der Waals surface area contributed by atoms with Crippen LogP contribution in [-0.2, 0) is 13.5 Å². The van der Waals surface area contributed by atoms with Crippen LogP contribution in [0.25, 0.3) is 10.9 Å². The number of aryl methyl sites for hydroxylation is 2. The van der Waals surface area contributed by atoms with Crippen molar-refractivity contribution in [1.82, 2.24) is 4.57 Å². The van der Waals surface area contributed by atoms with Crippen LogP contribution < -0.4 is 5.56 Å². The van der Waals surface area contributed by atoms with Crippen molar-refractivity contribution >= 4 is 10.9 Å². The monoisotopic (exact) mass is 212 g/mol. The Morgan fingerprint density at radius 1 is 1.38 bits per heavy atom. The van der Waals surface area contributed by atoms with Gasteiger partial charge in [0.2, 0.25) is 0 Å². The smallest absolute Gasteiger partial charge is 0.254 e. The molecule has 0 aliphatic heterocycles. The quantitative estimate of drug-likeness (QED) is 0.764. The van der Waals surface area contributed by atoms with Gasteiger partial charge in [-0.05, 0) is 23.9 Å². The fraction of sp³-hybridized carbons (Fsp3) is 0.231. The van der Waals surface area contributed by atoms with Gasteiger partial charge in [0, 0.05) is 19.0 Å². The fourth-order valence-electron chi connectivity index (χ4n) is 1.86. The van der Waals surface area contributed by atoms with E-state index in [0.29, 0.717) is 18.4 Å². The molecule has 16 heavy (non-hydrogen) atoms. The molecule has 0 spiro atoms. The van der Waals surface area contributed by atoms with Gasteiger partial charge in [-0.1, -0.05) is 18.2 Å². The standard InChI is InChI=1S/C13H12N2O/c1-15-12-7-3-2-5-10(12)9-11(13(15)16)6-4-8-14/h2-3,5,7,9H,4,6H2,1H3. The number of para-hydroxylation sites is 1. The van der Waals surface area contributed by atoms with E-state index in [1.807, 2.05) is 30.3 Å². The van der Waals surface area contributed by atoms with E-state index in [4.69, 9.17) is 5.26 Å². The van der Waals surface area contributed by atoms with E-state index >= 15 is 0 Å². The third-order valence-corrected chi connectivity index (χ3v) is 2.71. The summed E-state index contributed by atoms with van der Waals surface area (Å²) in [5, 5.41) is 9.58. The molecule has 0 aliphatic carbocycles. The molecule has 0 unspecified atom stereocenters. The van der Waals surface area contributed by atoms with Crippen molar-refractivity contribution in [3.8, 4) is 6.07 Å². The third kappa shape index (κ3) is 1.70. The molecule has 0 fully saturated rings. The first-order chi connectivity index (χ1) is 7.74. The van der Waals surface area contributed by atoms with E-state index in [1.54, 1.807) is 11.6 Å². The molecule has 0 saturated carbocycles. The first-order valence-electron chi connectivity index (χ1n) is 5.18. The molecule has 2 rings (SSSR count). The second kappa shape index (κ2) is 4.19. The van der Waals surface area contributed by atoms with Crippen molar-refractivity contribution in [3.05, 3.63) is 46.2 Å². The zero-order valence-corrected chi connectivity index (χ0v) is 9.10. The zero-order valence-electron chi connectivity index (χ0n) is 9.10. The molecular weight excluding hydrogens is 200 g/mol. The number of nitriles is 1. The van der Waals surface area contributed by atoms with E-state index in [0.717, 1.165) is 10.9 Å². The van der Waals surface area contributed by atoms with Crippen molar-refractivity contribution in [2.24, 2.45) is 7.05 Å². The highest BCUT2D eigenvalue weighted by Crippen LogP contribution is 2.12. The lowest BCUT2D eigenvalue weighted by molar-refractivity contribution is 0.863. The Kier molecular flexibility index (Phi) is 2.74. The number of fused-ring (bicyclic) bond motifs is 1. The van der Waals surface area contributed by atoms with Crippen LogP contribution in [0.5, 0.6) is 0 Å². The summed E-state index contributed by atoms with van der Waals surface area (Å²) in [5.74, 6) is 0. The van der Waals surface area contributed by atoms with E-state index in [-0.39, 0.29) is 5.56 Å². The maximum atomic E-state index is 11.9. The maximum absolute atomic E-state index is 11.9. The van der Waals surface area contributed by atoms with Crippen LogP contribution in [0.15, 0.2) is 35.1 Å². The Morgan fingerprint density at radius 2 is 2.12 bits per heavy atom. The largest absolute Gasteiger partial charge is 0.311 e. The van der Waals surface area contributed by atoms with Crippen molar-refractivity contribution < 1.29 is 0 Å². The minimum atomic E-state index is -0.00560. The molecule has 3 heteroatoms. The van der Waals surface area contributed by atoms with E-state index in [1.165, 1.54) is 0 Å². The number of hydrogen-bond donors (Lipinski definition) is 0. The predicted octanol–water partition coefficient (Wildman–Crippen LogP) is 1.99. The van der Waals surface area contributed by atoms with Gasteiger partial charge >= 0.3 is 0 Å². The van der Waals surface area contributed by atoms with E-state index < -0.39 is 0 Å². The number of hydrogen-bond acceptors (Lipinski definition) is 2. The van der Waals surface area contributed by atoms with Gasteiger partial charge in [0.1, 0.15) is 0 Å². The number of aromatic nitrogens is 1. The van der Waals surface area contributed by atoms with Gasteiger partial charge < -0.3 is 4.57 Å². The molecule has 0 bridgehead atoms. The number of benzene rings is 1. The predicted molar refractivity (Wildman–Crippen MR) is 63.1 cm³/mol. The van der Waals surface area contributed by atoms with Crippen LogP contribution in [0.3, 0.4) is 0 Å². The molecule has 0 N–H and O–H groups in total. The first kappa shape index (κ1) is 10.4. The number of nitrogens with zero attached hydrogens (tertiary/aromatic N) is 2. The highest BCUT2D eigenvalue weighted by molar-refractivity contribution is 5.79. The summed E-state index contributed by atoms with van der Waals surface area (Å²) in [4.78, 5) is 11.9. The SMILES string of the molecule is Cn1c(=O)c(CCC#N)cc2ccccc21. The van der Waals surface area contributed by atoms with Gasteiger partial charge in [0.15, 0.2) is 0 Å². The van der Waals surface area contributed by atoms with Gasteiger partial charge in [-0.15, -0.1) is 0 Å². The molecule has 0 saturated heterocycles. The van der Waals surface area contributed by atoms with Crippen LogP contribution >= 0.6 is 0 Å². The molecule has 2 aromatic rings. The number of rotatable bonds is 2. The second-order valence-electron chi connectivity index (χ2n) is 3.75. The lowest BCUT2D eigenvalue weighted by atomic mass is 10.1. The minimum absolute atomic E-state index is 0.00560. The zero-order chi connectivity index (χ0) is 11.5. The van der Waals surface area contributed by atoms with Crippen LogP contribution in [0.2, 0.25) is 0 Å². The third-order valence-electron chi connectivity index (χ3n) is 2.71. The molecule has 3 nitrogen and oxygen atoms in total. The molecule has 0 amide bonds. The summed E-state index contributed by atoms with van der Waals surface area (Å²) >= 11 is 0. The minimum Gasteiger partial charge on any atom is -0.311 e. The Bertz CT molecular complexity index is 620. The van der Waals surface area contributed by atoms with Crippen LogP contribution in [-0.4, -0.2) is 4.57 Å². The highest BCUT2D eigenvalue weighted by Gasteiger charge is 2.05. The van der Waals surface area contributed by atoms with Gasteiger partial charge in [-0.25, -0.2) is 0 Å². The van der Waals surface area contributed by atoms with Crippen molar-refractivity contribution in [2.45, 2.75) is 12.8 Å². The van der Waals surface area contributed by atoms with Gasteiger partial charge in [0.05, 0.1) is 11.6 Å². The summed E-state index contributed by atoms with van der Waals surface area (Å²) in [6, 6.07) is 11.7. The van der Waals surface area contributed by atoms with E-state index in [9.17, 15) is 4.79 Å². The van der Waals surface area contributed by atoms with Gasteiger partial charge in [-0.3, -0.25) is 4.79 Å². The molecule has 1 aromatic carbocycles. The summed E-state index contributed by atoms with van der Waals surface area (Å²) in [5.41, 5.74) is 1.63. The lowest BCUT2D eigenvalue weighted by Crippen LogP contribution is -2.21. The fourth-order valence-corrected chi connectivity index (χ4v) is 1.86.